The van der Waals surface area contributed by atoms with E-state index in [9.17, 15) is 18.1 Å². The van der Waals surface area contributed by atoms with E-state index in [-0.39, 0.29) is 16.2 Å². The molecular weight excluding hydrogens is 272 g/mol. The summed E-state index contributed by atoms with van der Waals surface area (Å²) < 4.78 is 37.6. The minimum atomic E-state index is -1.56. The lowest BCUT2D eigenvalue weighted by molar-refractivity contribution is 0.182. The number of aliphatic hydroxyl groups is 1. The molecule has 1 rings (SSSR count). The van der Waals surface area contributed by atoms with Crippen molar-refractivity contribution >= 4 is 10.8 Å². The van der Waals surface area contributed by atoms with Crippen LogP contribution in [0.3, 0.4) is 0 Å². The number of hydrogen-bond acceptors (Lipinski definition) is 3. The molecular formula is C13H19F2NO2S. The largest absolute Gasteiger partial charge is 0.391 e. The van der Waals surface area contributed by atoms with Crippen molar-refractivity contribution in [1.82, 2.24) is 5.32 Å². The summed E-state index contributed by atoms with van der Waals surface area (Å²) in [6.07, 6.45) is -0.812. The Morgan fingerprint density at radius 2 is 1.95 bits per heavy atom. The second-order valence-corrected chi connectivity index (χ2v) is 6.87. The molecule has 0 aromatic heterocycles. The predicted octanol–water partition coefficient (Wildman–Crippen LogP) is 1.82. The van der Waals surface area contributed by atoms with Crippen LogP contribution in [0.1, 0.15) is 20.8 Å². The van der Waals surface area contributed by atoms with Gasteiger partial charge in [-0.1, -0.05) is 0 Å². The zero-order chi connectivity index (χ0) is 14.6. The molecule has 0 bridgehead atoms. The van der Waals surface area contributed by atoms with Gasteiger partial charge in [-0.2, -0.15) is 0 Å². The van der Waals surface area contributed by atoms with Crippen molar-refractivity contribution in [1.29, 1.82) is 0 Å². The van der Waals surface area contributed by atoms with Crippen LogP contribution < -0.4 is 5.32 Å². The molecule has 6 heteroatoms. The van der Waals surface area contributed by atoms with E-state index in [1.165, 1.54) is 6.07 Å². The second-order valence-electron chi connectivity index (χ2n) is 5.37. The SMILES string of the molecule is CC(C)(C)NCC(O)CS(=O)c1ccc(F)c(F)c1. The highest BCUT2D eigenvalue weighted by molar-refractivity contribution is 7.85. The summed E-state index contributed by atoms with van der Waals surface area (Å²) in [5, 5.41) is 12.8. The minimum Gasteiger partial charge on any atom is -0.391 e. The van der Waals surface area contributed by atoms with Crippen LogP contribution >= 0.6 is 0 Å². The zero-order valence-corrected chi connectivity index (χ0v) is 12.1. The Morgan fingerprint density at radius 3 is 2.47 bits per heavy atom. The van der Waals surface area contributed by atoms with Crippen molar-refractivity contribution in [3.05, 3.63) is 29.8 Å². The maximum Gasteiger partial charge on any atom is 0.160 e. The molecule has 0 aliphatic carbocycles. The first-order valence-electron chi connectivity index (χ1n) is 5.95. The van der Waals surface area contributed by atoms with Crippen molar-refractivity contribution in [3.63, 3.8) is 0 Å². The van der Waals surface area contributed by atoms with Crippen LogP contribution in [-0.4, -0.2) is 33.3 Å². The number of benzene rings is 1. The van der Waals surface area contributed by atoms with Crippen LogP contribution in [0.25, 0.3) is 0 Å². The molecule has 1 aromatic carbocycles. The summed E-state index contributed by atoms with van der Waals surface area (Å²) in [6, 6.07) is 3.09. The molecule has 0 saturated heterocycles. The fourth-order valence-corrected chi connectivity index (χ4v) is 2.49. The molecule has 1 aromatic rings. The Balaban J connectivity index is 2.57. The van der Waals surface area contributed by atoms with Crippen LogP contribution in [0.15, 0.2) is 23.1 Å². The van der Waals surface area contributed by atoms with Crippen LogP contribution in [0.2, 0.25) is 0 Å². The number of β-amino-alcohol motifs (C(OH)–C–C–N with tert-alkyl or cyclic N) is 1. The van der Waals surface area contributed by atoms with Crippen molar-refractivity contribution in [2.45, 2.75) is 37.3 Å². The minimum absolute atomic E-state index is 0.0197. The highest BCUT2D eigenvalue weighted by Gasteiger charge is 2.16. The number of rotatable bonds is 5. The van der Waals surface area contributed by atoms with Gasteiger partial charge in [-0.25, -0.2) is 8.78 Å². The standard InChI is InChI=1S/C13H19F2NO2S/c1-13(2,3)16-7-9(17)8-19(18)10-4-5-11(14)12(15)6-10/h4-6,9,16-17H,7-8H2,1-3H3. The van der Waals surface area contributed by atoms with Gasteiger partial charge in [-0.15, -0.1) is 0 Å². The lowest BCUT2D eigenvalue weighted by Gasteiger charge is -2.22. The summed E-state index contributed by atoms with van der Waals surface area (Å²) in [5.41, 5.74) is -0.148. The van der Waals surface area contributed by atoms with Gasteiger partial charge >= 0.3 is 0 Å². The van der Waals surface area contributed by atoms with E-state index in [0.717, 1.165) is 12.1 Å². The van der Waals surface area contributed by atoms with E-state index in [1.807, 2.05) is 20.8 Å². The first-order valence-corrected chi connectivity index (χ1v) is 7.27. The summed E-state index contributed by atoms with van der Waals surface area (Å²) in [5.74, 6) is -2.03. The molecule has 3 nitrogen and oxygen atoms in total. The molecule has 108 valence electrons. The monoisotopic (exact) mass is 291 g/mol. The Bertz CT molecular complexity index is 460. The molecule has 0 saturated carbocycles. The van der Waals surface area contributed by atoms with Gasteiger partial charge in [-0.05, 0) is 39.0 Å². The number of aliphatic hydroxyl groups excluding tert-OH is 1. The van der Waals surface area contributed by atoms with Crippen LogP contribution in [0.5, 0.6) is 0 Å². The van der Waals surface area contributed by atoms with Gasteiger partial charge in [0.25, 0.3) is 0 Å². The quantitative estimate of drug-likeness (QED) is 0.870. The van der Waals surface area contributed by atoms with Gasteiger partial charge in [0.2, 0.25) is 0 Å². The van der Waals surface area contributed by atoms with Gasteiger partial charge in [0.1, 0.15) is 0 Å². The van der Waals surface area contributed by atoms with Crippen molar-refractivity contribution < 1.29 is 18.1 Å². The molecule has 0 aliphatic rings. The smallest absolute Gasteiger partial charge is 0.160 e. The molecule has 0 heterocycles. The Labute approximate surface area is 114 Å². The van der Waals surface area contributed by atoms with Gasteiger partial charge in [0.05, 0.1) is 22.7 Å². The molecule has 19 heavy (non-hydrogen) atoms. The fraction of sp³-hybridized carbons (Fsp3) is 0.538. The highest BCUT2D eigenvalue weighted by Crippen LogP contribution is 2.13. The molecule has 2 atom stereocenters. The predicted molar refractivity (Wildman–Crippen MR) is 71.4 cm³/mol. The summed E-state index contributed by atoms with van der Waals surface area (Å²) in [4.78, 5) is 0.175. The van der Waals surface area contributed by atoms with Gasteiger partial charge in [-0.3, -0.25) is 4.21 Å². The molecule has 0 fully saturated rings. The van der Waals surface area contributed by atoms with E-state index in [0.29, 0.717) is 6.54 Å². The number of hydrogen-bond donors (Lipinski definition) is 2. The third-order valence-electron chi connectivity index (χ3n) is 2.37. The van der Waals surface area contributed by atoms with Crippen molar-refractivity contribution in [3.8, 4) is 0 Å². The Morgan fingerprint density at radius 1 is 1.32 bits per heavy atom. The maximum atomic E-state index is 13.0. The first kappa shape index (κ1) is 16.2. The normalized spacial score (nSPS) is 15.3. The van der Waals surface area contributed by atoms with E-state index >= 15 is 0 Å². The van der Waals surface area contributed by atoms with Crippen LogP contribution in [0.4, 0.5) is 8.78 Å². The first-order chi connectivity index (χ1) is 8.69. The molecule has 2 unspecified atom stereocenters. The molecule has 0 amide bonds. The highest BCUT2D eigenvalue weighted by atomic mass is 32.2. The summed E-state index contributed by atoms with van der Waals surface area (Å²) in [6.45, 7) is 6.14. The van der Waals surface area contributed by atoms with E-state index in [1.54, 1.807) is 0 Å². The van der Waals surface area contributed by atoms with Crippen molar-refractivity contribution in [2.24, 2.45) is 0 Å². The third kappa shape index (κ3) is 5.76. The topological polar surface area (TPSA) is 49.3 Å². The molecule has 0 aliphatic heterocycles. The maximum absolute atomic E-state index is 13.0. The van der Waals surface area contributed by atoms with E-state index < -0.39 is 28.5 Å². The van der Waals surface area contributed by atoms with Crippen LogP contribution in [0, 0.1) is 11.6 Å². The van der Waals surface area contributed by atoms with E-state index in [4.69, 9.17) is 0 Å². The Kier molecular flexibility index (Phi) is 5.58. The Hall–Kier alpha value is -0.850. The van der Waals surface area contributed by atoms with E-state index in [2.05, 4.69) is 5.32 Å². The molecule has 0 radical (unpaired) electrons. The average Bonchev–Trinajstić information content (AvgIpc) is 2.29. The molecule has 0 spiro atoms. The third-order valence-corrected chi connectivity index (χ3v) is 3.83. The fourth-order valence-electron chi connectivity index (χ4n) is 1.37. The lowest BCUT2D eigenvalue weighted by atomic mass is 10.1. The van der Waals surface area contributed by atoms with Gasteiger partial charge in [0.15, 0.2) is 11.6 Å². The molecule has 2 N–H and O–H groups in total. The van der Waals surface area contributed by atoms with Crippen LogP contribution in [-0.2, 0) is 10.8 Å². The van der Waals surface area contributed by atoms with Gasteiger partial charge < -0.3 is 10.4 Å². The summed E-state index contributed by atoms with van der Waals surface area (Å²) >= 11 is 0. The lowest BCUT2D eigenvalue weighted by Crippen LogP contribution is -2.42. The number of nitrogens with one attached hydrogen (secondary N) is 1. The van der Waals surface area contributed by atoms with Gasteiger partial charge in [0, 0.05) is 17.0 Å². The van der Waals surface area contributed by atoms with Crippen molar-refractivity contribution in [2.75, 3.05) is 12.3 Å². The zero-order valence-electron chi connectivity index (χ0n) is 11.2. The second kappa shape index (κ2) is 6.54. The number of halogens is 2. The average molecular weight is 291 g/mol. The summed E-state index contributed by atoms with van der Waals surface area (Å²) in [7, 11) is -1.56.